The highest BCUT2D eigenvalue weighted by Gasteiger charge is 2.50. The van der Waals surface area contributed by atoms with Gasteiger partial charge in [-0.2, -0.15) is 15.0 Å². The number of ether oxygens (including phenoxy) is 1. The molecule has 0 aliphatic heterocycles. The molecule has 0 spiro atoms. The number of methoxy groups -OCH3 is 1. The Bertz CT molecular complexity index is 1310. The van der Waals surface area contributed by atoms with Crippen molar-refractivity contribution in [2.45, 2.75) is 54.4 Å². The van der Waals surface area contributed by atoms with Gasteiger partial charge in [0, 0.05) is 13.2 Å². The number of sulfone groups is 1. The zero-order valence-electron chi connectivity index (χ0n) is 18.1. The molecule has 2 aromatic rings. The Balaban J connectivity index is 1.59. The van der Waals surface area contributed by atoms with Crippen molar-refractivity contribution in [2.24, 2.45) is 5.92 Å². The minimum absolute atomic E-state index is 0.0361. The lowest BCUT2D eigenvalue weighted by molar-refractivity contribution is -0.128. The third kappa shape index (κ3) is 4.40. The van der Waals surface area contributed by atoms with E-state index in [1.165, 1.54) is 31.4 Å². The van der Waals surface area contributed by atoms with E-state index in [2.05, 4.69) is 16.5 Å². The van der Waals surface area contributed by atoms with Crippen LogP contribution in [0.2, 0.25) is 5.02 Å². The molecule has 3 atom stereocenters. The second-order valence-electron chi connectivity index (χ2n) is 8.54. The van der Waals surface area contributed by atoms with Gasteiger partial charge in [-0.05, 0) is 56.9 Å². The van der Waals surface area contributed by atoms with Gasteiger partial charge < -0.3 is 10.1 Å². The van der Waals surface area contributed by atoms with Crippen molar-refractivity contribution in [2.75, 3.05) is 7.11 Å². The summed E-state index contributed by atoms with van der Waals surface area (Å²) in [7, 11) is -2.46. The maximum absolute atomic E-state index is 13.4. The summed E-state index contributed by atoms with van der Waals surface area (Å²) in [6.45, 7) is 1.73. The Morgan fingerprint density at radius 1 is 1.30 bits per heavy atom. The summed E-state index contributed by atoms with van der Waals surface area (Å²) in [5, 5.41) is 15.2. The van der Waals surface area contributed by atoms with Crippen LogP contribution in [0.3, 0.4) is 0 Å². The maximum atomic E-state index is 13.4. The van der Waals surface area contributed by atoms with Crippen LogP contribution in [0.15, 0.2) is 40.0 Å². The van der Waals surface area contributed by atoms with Gasteiger partial charge in [-0.25, -0.2) is 8.42 Å². The van der Waals surface area contributed by atoms with Crippen molar-refractivity contribution in [3.8, 4) is 11.8 Å². The first-order valence-corrected chi connectivity index (χ1v) is 12.4. The molecular weight excluding hydrogens is 468 g/mol. The van der Waals surface area contributed by atoms with Crippen LogP contribution in [0.1, 0.15) is 31.4 Å². The van der Waals surface area contributed by atoms with Gasteiger partial charge in [-0.15, -0.1) is 0 Å². The Morgan fingerprint density at radius 3 is 2.64 bits per heavy atom. The Labute approximate surface area is 196 Å². The summed E-state index contributed by atoms with van der Waals surface area (Å²) < 4.78 is 33.4. The summed E-state index contributed by atoms with van der Waals surface area (Å²) in [4.78, 5) is 24.8. The van der Waals surface area contributed by atoms with Crippen LogP contribution in [0, 0.1) is 24.2 Å². The van der Waals surface area contributed by atoms with Gasteiger partial charge in [0.15, 0.2) is 9.84 Å². The lowest BCUT2D eigenvalue weighted by Gasteiger charge is -2.19. The zero-order chi connectivity index (χ0) is 24.0. The summed E-state index contributed by atoms with van der Waals surface area (Å²) in [5.41, 5.74) is -0.247. The van der Waals surface area contributed by atoms with Gasteiger partial charge >= 0.3 is 0 Å². The summed E-state index contributed by atoms with van der Waals surface area (Å²) in [6.07, 6.45) is 0.774. The number of halogens is 1. The predicted molar refractivity (Wildman–Crippen MR) is 120 cm³/mol. The molecule has 4 rings (SSSR count). The first kappa shape index (κ1) is 23.4. The topological polar surface area (TPSA) is 131 Å². The molecule has 2 aliphatic carbocycles. The third-order valence-corrected chi connectivity index (χ3v) is 8.92. The molecule has 11 heteroatoms. The number of benzene rings is 1. The Kier molecular flexibility index (Phi) is 6.07. The highest BCUT2D eigenvalue weighted by molar-refractivity contribution is 7.92. The first-order chi connectivity index (χ1) is 15.6. The van der Waals surface area contributed by atoms with E-state index >= 15 is 0 Å². The van der Waals surface area contributed by atoms with Gasteiger partial charge in [-0.3, -0.25) is 9.59 Å². The van der Waals surface area contributed by atoms with Crippen LogP contribution < -0.4 is 10.9 Å². The zero-order valence-corrected chi connectivity index (χ0v) is 19.7. The van der Waals surface area contributed by atoms with Crippen molar-refractivity contribution in [3.05, 3.63) is 51.4 Å². The standard InChI is InChI=1S/C22H23ClN4O5S/c1-13-3-6-20(28)27(26-13)14-4-5-19(17(23)9-14)33(30,31)15-10-16(18(11-15)32-2)21(29)25-22(12-24)7-8-22/h3-6,9,15-16,18H,7-8,10-11H2,1-2H3,(H,25,29). The normalized spacial score (nSPS) is 23.6. The fourth-order valence-electron chi connectivity index (χ4n) is 4.18. The van der Waals surface area contributed by atoms with E-state index in [1.807, 2.05) is 0 Å². The minimum Gasteiger partial charge on any atom is -0.381 e. The van der Waals surface area contributed by atoms with Crippen LogP contribution in [0.5, 0.6) is 0 Å². The monoisotopic (exact) mass is 490 g/mol. The van der Waals surface area contributed by atoms with Crippen molar-refractivity contribution < 1.29 is 17.9 Å². The van der Waals surface area contributed by atoms with E-state index in [9.17, 15) is 23.3 Å². The highest BCUT2D eigenvalue weighted by atomic mass is 35.5. The van der Waals surface area contributed by atoms with Crippen LogP contribution >= 0.6 is 11.6 Å². The first-order valence-electron chi connectivity index (χ1n) is 10.5. The highest BCUT2D eigenvalue weighted by Crippen LogP contribution is 2.40. The summed E-state index contributed by atoms with van der Waals surface area (Å²) in [5.74, 6) is -1.06. The van der Waals surface area contributed by atoms with E-state index in [4.69, 9.17) is 16.3 Å². The van der Waals surface area contributed by atoms with E-state index in [1.54, 1.807) is 13.0 Å². The van der Waals surface area contributed by atoms with Crippen LogP contribution in [-0.2, 0) is 19.4 Å². The molecule has 2 aliphatic rings. The maximum Gasteiger partial charge on any atom is 0.271 e. The molecule has 0 bridgehead atoms. The van der Waals surface area contributed by atoms with Crippen molar-refractivity contribution in [1.29, 1.82) is 5.26 Å². The fourth-order valence-corrected chi connectivity index (χ4v) is 6.53. The van der Waals surface area contributed by atoms with Gasteiger partial charge in [0.05, 0.1) is 44.6 Å². The fraction of sp³-hybridized carbons (Fsp3) is 0.455. The number of hydrogen-bond acceptors (Lipinski definition) is 7. The molecule has 174 valence electrons. The van der Waals surface area contributed by atoms with E-state index in [0.717, 1.165) is 4.68 Å². The lowest BCUT2D eigenvalue weighted by atomic mass is 10.0. The summed E-state index contributed by atoms with van der Waals surface area (Å²) in [6, 6.07) is 9.27. The van der Waals surface area contributed by atoms with Crippen LogP contribution in [0.25, 0.3) is 5.69 Å². The molecule has 33 heavy (non-hydrogen) atoms. The number of nitrogens with one attached hydrogen (secondary N) is 1. The molecule has 1 aromatic carbocycles. The Hall–Kier alpha value is -2.74. The molecule has 9 nitrogen and oxygen atoms in total. The lowest BCUT2D eigenvalue weighted by Crippen LogP contribution is -2.42. The largest absolute Gasteiger partial charge is 0.381 e. The number of rotatable bonds is 6. The second kappa shape index (κ2) is 8.56. The average molecular weight is 491 g/mol. The average Bonchev–Trinajstić information content (AvgIpc) is 3.40. The second-order valence-corrected chi connectivity index (χ2v) is 11.1. The number of aromatic nitrogens is 2. The number of nitrogens with zero attached hydrogens (tertiary/aromatic N) is 3. The number of aryl methyl sites for hydroxylation is 1. The van der Waals surface area contributed by atoms with Crippen molar-refractivity contribution in [3.63, 3.8) is 0 Å². The molecule has 1 aromatic heterocycles. The number of hydrogen-bond donors (Lipinski definition) is 1. The molecular formula is C22H23ClN4O5S. The molecule has 0 saturated heterocycles. The van der Waals surface area contributed by atoms with E-state index in [-0.39, 0.29) is 34.2 Å². The van der Waals surface area contributed by atoms with E-state index in [0.29, 0.717) is 24.2 Å². The van der Waals surface area contributed by atoms with Crippen molar-refractivity contribution >= 4 is 27.3 Å². The smallest absolute Gasteiger partial charge is 0.271 e. The quantitative estimate of drug-likeness (QED) is 0.654. The minimum atomic E-state index is -3.89. The molecule has 3 unspecified atom stereocenters. The number of amides is 1. The van der Waals surface area contributed by atoms with Crippen molar-refractivity contribution in [1.82, 2.24) is 15.1 Å². The van der Waals surface area contributed by atoms with Gasteiger partial charge in [0.1, 0.15) is 5.54 Å². The van der Waals surface area contributed by atoms with Gasteiger partial charge in [-0.1, -0.05) is 11.6 Å². The molecule has 2 fully saturated rings. The molecule has 1 N–H and O–H groups in total. The number of carbonyl (C=O) groups excluding carboxylic acids is 1. The molecule has 2 saturated carbocycles. The Morgan fingerprint density at radius 2 is 2.03 bits per heavy atom. The van der Waals surface area contributed by atoms with Gasteiger partial charge in [0.25, 0.3) is 5.56 Å². The van der Waals surface area contributed by atoms with Crippen LogP contribution in [0.4, 0.5) is 0 Å². The SMILES string of the molecule is COC1CC(S(=O)(=O)c2ccc(-n3nc(C)ccc3=O)cc2Cl)CC1C(=O)NC1(C#N)CC1. The van der Waals surface area contributed by atoms with Gasteiger partial charge in [0.2, 0.25) is 5.91 Å². The molecule has 0 radical (unpaired) electrons. The predicted octanol–water partition coefficient (Wildman–Crippen LogP) is 1.93. The number of carbonyl (C=O) groups is 1. The molecule has 1 amide bonds. The number of nitriles is 1. The third-order valence-electron chi connectivity index (χ3n) is 6.27. The van der Waals surface area contributed by atoms with Crippen LogP contribution in [-0.4, -0.2) is 48.1 Å². The van der Waals surface area contributed by atoms with E-state index < -0.39 is 32.6 Å². The molecule has 1 heterocycles. The summed E-state index contributed by atoms with van der Waals surface area (Å²) >= 11 is 6.35.